The van der Waals surface area contributed by atoms with E-state index >= 15 is 0 Å². The Labute approximate surface area is 404 Å². The Bertz CT molecular complexity index is 5320. The van der Waals surface area contributed by atoms with Crippen molar-refractivity contribution in [2.45, 2.75) is 0 Å². The van der Waals surface area contributed by atoms with Crippen LogP contribution in [-0.2, 0) is 0 Å². The lowest BCUT2D eigenvalue weighted by Gasteiger charge is -2.17. The van der Waals surface area contributed by atoms with E-state index in [1.165, 1.54) is 0 Å². The molecule has 2 heterocycles. The smallest absolute Gasteiger partial charge is 0.166 e. The minimum Gasteiger partial charge on any atom is -0.308 e. The highest BCUT2D eigenvalue weighted by atomic mass is 15.1. The Kier molecular flexibility index (Phi) is 3.77. The first-order chi connectivity index (χ1) is 44.8. The van der Waals surface area contributed by atoms with E-state index in [1.54, 1.807) is 0 Å². The number of fused-ring (bicyclic) bond motifs is 3. The van der Waals surface area contributed by atoms with Gasteiger partial charge in [-0.3, -0.25) is 0 Å². The molecule has 4 nitrogen and oxygen atoms in total. The first-order valence-electron chi connectivity index (χ1n) is 35.3. The molecule has 0 atom stereocenters. The van der Waals surface area contributed by atoms with E-state index in [4.69, 9.17) is 35.6 Å². The molecule has 4 heteroatoms. The molecular formula is C57H38N4. The normalized spacial score (nSPS) is 19.3. The van der Waals surface area contributed by atoms with Crippen LogP contribution in [0, 0.1) is 0 Å². The summed E-state index contributed by atoms with van der Waals surface area (Å²) in [6.45, 7) is 0. The van der Waals surface area contributed by atoms with Crippen LogP contribution in [0.4, 0.5) is 0 Å². The van der Waals surface area contributed by atoms with Crippen molar-refractivity contribution < 1.29 is 48.0 Å². The maximum absolute atomic E-state index is 10.0. The predicted molar refractivity (Wildman–Crippen MR) is 252 cm³/mol. The van der Waals surface area contributed by atoms with E-state index < -0.39 is 318 Å². The molecule has 0 unspecified atom stereocenters. The van der Waals surface area contributed by atoms with Gasteiger partial charge in [0.2, 0.25) is 0 Å². The van der Waals surface area contributed by atoms with Gasteiger partial charge >= 0.3 is 0 Å². The van der Waals surface area contributed by atoms with E-state index in [0.29, 0.717) is 0 Å². The summed E-state index contributed by atoms with van der Waals surface area (Å²) in [6, 6.07) is -31.0. The first-order valence-corrected chi connectivity index (χ1v) is 17.8. The van der Waals surface area contributed by atoms with Crippen LogP contribution < -0.4 is 0 Å². The molecule has 2 aromatic heterocycles. The third kappa shape index (κ3) is 6.86. The van der Waals surface area contributed by atoms with Crippen LogP contribution >= 0.6 is 0 Å². The highest BCUT2D eigenvalue weighted by Crippen LogP contribution is 2.40. The van der Waals surface area contributed by atoms with Crippen molar-refractivity contribution in [1.82, 2.24) is 19.5 Å². The monoisotopic (exact) mass is 814 g/mol. The van der Waals surface area contributed by atoms with Crippen LogP contribution in [0.2, 0.25) is 0 Å². The Morgan fingerprint density at radius 2 is 0.754 bits per heavy atom. The molecule has 9 aromatic carbocycles. The molecule has 0 spiro atoms. The second-order valence-corrected chi connectivity index (χ2v) is 12.6. The number of aromatic nitrogens is 4. The number of para-hydroxylation sites is 1. The zero-order valence-electron chi connectivity index (χ0n) is 65.5. The highest BCUT2D eigenvalue weighted by molar-refractivity contribution is 6.10. The highest BCUT2D eigenvalue weighted by Gasteiger charge is 2.21. The van der Waals surface area contributed by atoms with Crippen molar-refractivity contribution in [3.05, 3.63) is 230 Å². The Hall–Kier alpha value is -8.21. The van der Waals surface area contributed by atoms with Crippen molar-refractivity contribution in [2.75, 3.05) is 0 Å². The van der Waals surface area contributed by atoms with Crippen LogP contribution in [0.25, 0.3) is 106 Å². The topological polar surface area (TPSA) is 43.6 Å². The van der Waals surface area contributed by atoms with Gasteiger partial charge in [0.1, 0.15) is 0 Å². The second kappa shape index (κ2) is 15.5. The minimum absolute atomic E-state index is 0.446. The second-order valence-electron chi connectivity index (χ2n) is 12.6. The molecule has 0 saturated heterocycles. The van der Waals surface area contributed by atoms with Gasteiger partial charge in [0.15, 0.2) is 17.5 Å². The van der Waals surface area contributed by atoms with Crippen LogP contribution in [0.15, 0.2) is 230 Å². The van der Waals surface area contributed by atoms with E-state index in [0.717, 1.165) is 22.8 Å². The van der Waals surface area contributed by atoms with Crippen molar-refractivity contribution in [3.63, 3.8) is 0 Å². The van der Waals surface area contributed by atoms with Gasteiger partial charge in [-0.25, -0.2) is 15.0 Å². The van der Waals surface area contributed by atoms with Crippen molar-refractivity contribution in [3.8, 4) is 84.4 Å². The zero-order chi connectivity index (χ0) is 71.0. The fourth-order valence-electron chi connectivity index (χ4n) is 6.34. The number of hydrogen-bond donors (Lipinski definition) is 0. The first kappa shape index (κ1) is 14.8. The molecule has 0 aliphatic carbocycles. The number of benzene rings is 9. The zero-order valence-corrected chi connectivity index (χ0v) is 30.5. The van der Waals surface area contributed by atoms with E-state index in [1.807, 2.05) is 0 Å². The summed E-state index contributed by atoms with van der Waals surface area (Å²) >= 11 is 0. The lowest BCUT2D eigenvalue weighted by atomic mass is 9.97. The molecular weight excluding hydrogens is 741 g/mol. The van der Waals surface area contributed by atoms with Gasteiger partial charge in [0.25, 0.3) is 0 Å². The van der Waals surface area contributed by atoms with E-state index in [9.17, 15) is 12.3 Å². The molecule has 0 amide bonds. The molecule has 0 fully saturated rings. The maximum atomic E-state index is 10.0. The lowest BCUT2D eigenvalue weighted by Crippen LogP contribution is -2.04. The van der Waals surface area contributed by atoms with Crippen LogP contribution in [0.3, 0.4) is 0 Å². The maximum Gasteiger partial charge on any atom is 0.166 e. The molecule has 0 bridgehead atoms. The summed E-state index contributed by atoms with van der Waals surface area (Å²) in [6.07, 6.45) is 0. The van der Waals surface area contributed by atoms with Gasteiger partial charge in [0, 0.05) is 27.5 Å². The standard InChI is InChI=1S/C57H38N4/c1-5-17-39(18-6-1)43-25-15-27-45(35-43)46-32-34-53(61-52-30-14-13-29-49(52)50-33-31-47(38-54(50)61)41-21-9-3-10-22-41)51(37-46)57-59-55(42-23-11-4-12-24-42)58-56(60-57)48-28-16-26-44(36-48)40-19-7-2-8-20-40/h1-38H/i1D,2D,3D,4D,5D,6D,7D,8D,9D,10D,11D,12D,13D,14D,15D,16D,17D,18D,19D,20D,21D,22D,23D,24D,25D,26D,27D,28D,29D,30D,31D,33D,35D,36D,38D. The van der Waals surface area contributed by atoms with Crippen LogP contribution in [0.5, 0.6) is 0 Å². The number of nitrogens with zero attached hydrogens (tertiary/aromatic N) is 4. The molecule has 0 radical (unpaired) electrons. The average Bonchev–Trinajstić information content (AvgIpc) is 1.53. The van der Waals surface area contributed by atoms with Crippen molar-refractivity contribution >= 4 is 21.8 Å². The van der Waals surface area contributed by atoms with E-state index in [2.05, 4.69) is 15.0 Å². The number of rotatable bonds is 8. The van der Waals surface area contributed by atoms with Crippen molar-refractivity contribution in [2.24, 2.45) is 0 Å². The summed E-state index contributed by atoms with van der Waals surface area (Å²) in [5.74, 6) is -2.90. The quantitative estimate of drug-likeness (QED) is 0.153. The fraction of sp³-hybridized carbons (Fsp3) is 0. The van der Waals surface area contributed by atoms with Crippen LogP contribution in [-0.4, -0.2) is 19.5 Å². The number of hydrogen-bond acceptors (Lipinski definition) is 3. The summed E-state index contributed by atoms with van der Waals surface area (Å²) < 4.78 is 314. The predicted octanol–water partition coefficient (Wildman–Crippen LogP) is 14.6. The van der Waals surface area contributed by atoms with Gasteiger partial charge in [-0.2, -0.15) is 0 Å². The minimum atomic E-state index is -1.10. The fourth-order valence-corrected chi connectivity index (χ4v) is 6.34. The van der Waals surface area contributed by atoms with Gasteiger partial charge in [-0.05, 0) is 80.8 Å². The Morgan fingerprint density at radius 1 is 0.311 bits per heavy atom. The Morgan fingerprint density at radius 3 is 1.38 bits per heavy atom. The largest absolute Gasteiger partial charge is 0.308 e. The van der Waals surface area contributed by atoms with Gasteiger partial charge in [0.05, 0.1) is 64.7 Å². The summed E-state index contributed by atoms with van der Waals surface area (Å²) in [4.78, 5) is 13.6. The summed E-state index contributed by atoms with van der Waals surface area (Å²) in [7, 11) is 0. The van der Waals surface area contributed by atoms with Crippen molar-refractivity contribution in [1.29, 1.82) is 0 Å². The van der Waals surface area contributed by atoms with Gasteiger partial charge in [-0.15, -0.1) is 0 Å². The Balaban J connectivity index is 1.41. The molecule has 0 saturated carbocycles. The molecule has 286 valence electrons. The van der Waals surface area contributed by atoms with Gasteiger partial charge in [-0.1, -0.05) is 193 Å². The summed E-state index contributed by atoms with van der Waals surface area (Å²) in [5, 5.41) is -1.20. The molecule has 11 rings (SSSR count). The average molecular weight is 814 g/mol. The SMILES string of the molecule is [2H]c1c([2H])c([2H])c(-c2nc(-c3cc(-c4c([2H])c([2H])c([2H])c(-c5c([2H])c([2H])c([2H])c([2H])c5[2H])c4[2H])ccc3-n3c4c([2H])c([2H])c([2H])c([2H])c4c4c([2H])c([2H])c(-c5c([2H])c([2H])c([2H])c([2H])c5[2H])c([2H])c43)nc(-c3c([2H])c([2H])c([2H])c(-c4c([2H])c([2H])c([2H])c([2H])c4[2H])c3[2H])n2)c([2H])c1[2H]. The third-order valence-corrected chi connectivity index (χ3v) is 9.01. The molecule has 61 heavy (non-hydrogen) atoms. The molecule has 11 aromatic rings. The van der Waals surface area contributed by atoms with E-state index in [-0.39, 0.29) is 0 Å². The molecule has 0 aliphatic rings. The van der Waals surface area contributed by atoms with Crippen LogP contribution in [0.1, 0.15) is 48.0 Å². The molecule has 0 aliphatic heterocycles. The molecule has 0 N–H and O–H groups in total. The third-order valence-electron chi connectivity index (χ3n) is 9.01. The summed E-state index contributed by atoms with van der Waals surface area (Å²) in [5.41, 5.74) is -10.4. The van der Waals surface area contributed by atoms with Gasteiger partial charge < -0.3 is 4.57 Å². The lowest BCUT2D eigenvalue weighted by molar-refractivity contribution is 1.06.